The fourth-order valence-corrected chi connectivity index (χ4v) is 4.31. The van der Waals surface area contributed by atoms with Crippen LogP contribution in [-0.4, -0.2) is 26.1 Å². The lowest BCUT2D eigenvalue weighted by molar-refractivity contribution is -0.150. The summed E-state index contributed by atoms with van der Waals surface area (Å²) in [6.45, 7) is 0. The number of thioether (sulfide) groups is 1. The van der Waals surface area contributed by atoms with Crippen molar-refractivity contribution in [3.05, 3.63) is 76.3 Å². The summed E-state index contributed by atoms with van der Waals surface area (Å²) in [4.78, 5) is 25.3. The summed E-state index contributed by atoms with van der Waals surface area (Å²) in [6, 6.07) is 19.0. The normalized spacial score (nSPS) is 18.6. The van der Waals surface area contributed by atoms with Gasteiger partial charge in [-0.1, -0.05) is 48.5 Å². The van der Waals surface area contributed by atoms with Gasteiger partial charge in [0.2, 0.25) is 5.91 Å². The van der Waals surface area contributed by atoms with Crippen LogP contribution in [0.3, 0.4) is 0 Å². The third-order valence-corrected chi connectivity index (χ3v) is 5.77. The molecule has 0 aromatic heterocycles. The SMILES string of the molecule is COC(=O)[C@H]1C(=O)NC(SCc2ccccc2)=C(C#N)[C@@H]1c1ccccc1OC. The Kier molecular flexibility index (Phi) is 6.57. The summed E-state index contributed by atoms with van der Waals surface area (Å²) in [5.41, 5.74) is 1.96. The fourth-order valence-electron chi connectivity index (χ4n) is 3.31. The van der Waals surface area contributed by atoms with Crippen LogP contribution in [0.1, 0.15) is 17.0 Å². The van der Waals surface area contributed by atoms with Crippen molar-refractivity contribution in [1.29, 1.82) is 5.26 Å². The largest absolute Gasteiger partial charge is 0.496 e. The quantitative estimate of drug-likeness (QED) is 0.582. The van der Waals surface area contributed by atoms with Crippen LogP contribution in [-0.2, 0) is 20.1 Å². The van der Waals surface area contributed by atoms with Gasteiger partial charge in [0.25, 0.3) is 0 Å². The van der Waals surface area contributed by atoms with Crippen molar-refractivity contribution in [3.8, 4) is 11.8 Å². The van der Waals surface area contributed by atoms with Crippen LogP contribution in [0.25, 0.3) is 0 Å². The average molecular weight is 408 g/mol. The van der Waals surface area contributed by atoms with Crippen molar-refractivity contribution < 1.29 is 19.1 Å². The lowest BCUT2D eigenvalue weighted by Gasteiger charge is -2.31. The highest BCUT2D eigenvalue weighted by atomic mass is 32.2. The van der Waals surface area contributed by atoms with E-state index in [0.717, 1.165) is 5.56 Å². The monoisotopic (exact) mass is 408 g/mol. The van der Waals surface area contributed by atoms with E-state index in [1.165, 1.54) is 26.0 Å². The second kappa shape index (κ2) is 9.30. The number of nitrogens with one attached hydrogen (secondary N) is 1. The highest BCUT2D eigenvalue weighted by Crippen LogP contribution is 2.43. The number of para-hydroxylation sites is 1. The molecule has 0 fully saturated rings. The second-order valence-corrected chi connectivity index (χ2v) is 7.32. The Bertz CT molecular complexity index is 982. The summed E-state index contributed by atoms with van der Waals surface area (Å²) >= 11 is 1.35. The molecule has 29 heavy (non-hydrogen) atoms. The van der Waals surface area contributed by atoms with E-state index in [-0.39, 0.29) is 0 Å². The molecular formula is C22H20N2O4S. The molecule has 0 saturated carbocycles. The first-order chi connectivity index (χ1) is 14.1. The van der Waals surface area contributed by atoms with Gasteiger partial charge in [0.1, 0.15) is 11.7 Å². The van der Waals surface area contributed by atoms with Crippen molar-refractivity contribution in [2.75, 3.05) is 14.2 Å². The molecule has 0 spiro atoms. The molecular weight excluding hydrogens is 388 g/mol. The van der Waals surface area contributed by atoms with E-state index < -0.39 is 23.7 Å². The number of hydrogen-bond donors (Lipinski definition) is 1. The zero-order chi connectivity index (χ0) is 20.8. The number of nitriles is 1. The number of nitrogens with zero attached hydrogens (tertiary/aromatic N) is 1. The highest BCUT2D eigenvalue weighted by molar-refractivity contribution is 8.02. The molecule has 1 heterocycles. The van der Waals surface area contributed by atoms with Crippen molar-refractivity contribution in [3.63, 3.8) is 0 Å². The molecule has 0 unspecified atom stereocenters. The van der Waals surface area contributed by atoms with Gasteiger partial charge < -0.3 is 14.8 Å². The van der Waals surface area contributed by atoms with E-state index in [9.17, 15) is 14.9 Å². The molecule has 1 N–H and O–H groups in total. The Hall–Kier alpha value is -3.24. The number of carbonyl (C=O) groups is 2. The van der Waals surface area contributed by atoms with Gasteiger partial charge in [-0.3, -0.25) is 9.59 Å². The van der Waals surface area contributed by atoms with E-state index in [2.05, 4.69) is 11.4 Å². The maximum atomic E-state index is 12.9. The first-order valence-corrected chi connectivity index (χ1v) is 9.91. The third-order valence-electron chi connectivity index (χ3n) is 4.68. The van der Waals surface area contributed by atoms with Crippen LogP contribution in [0, 0.1) is 17.2 Å². The van der Waals surface area contributed by atoms with E-state index in [0.29, 0.717) is 27.7 Å². The van der Waals surface area contributed by atoms with Crippen LogP contribution in [0.15, 0.2) is 65.2 Å². The Morgan fingerprint density at radius 1 is 1.14 bits per heavy atom. The van der Waals surface area contributed by atoms with Crippen LogP contribution >= 0.6 is 11.8 Å². The first-order valence-electron chi connectivity index (χ1n) is 8.93. The van der Waals surface area contributed by atoms with Crippen molar-refractivity contribution in [2.45, 2.75) is 11.7 Å². The van der Waals surface area contributed by atoms with Gasteiger partial charge in [-0.05, 0) is 11.6 Å². The number of methoxy groups -OCH3 is 2. The summed E-state index contributed by atoms with van der Waals surface area (Å²) in [5, 5.41) is 13.1. The van der Waals surface area contributed by atoms with Gasteiger partial charge in [0.05, 0.1) is 30.9 Å². The molecule has 1 aliphatic heterocycles. The van der Waals surface area contributed by atoms with Crippen LogP contribution in [0.4, 0.5) is 0 Å². The average Bonchev–Trinajstić information content (AvgIpc) is 2.77. The Morgan fingerprint density at radius 2 is 1.83 bits per heavy atom. The smallest absolute Gasteiger partial charge is 0.319 e. The lowest BCUT2D eigenvalue weighted by atomic mass is 9.78. The summed E-state index contributed by atoms with van der Waals surface area (Å²) in [7, 11) is 2.74. The number of ether oxygens (including phenoxy) is 2. The standard InChI is InChI=1S/C22H20N2O4S/c1-27-17-11-7-6-10-15(17)18-16(12-23)21(24-20(25)19(18)22(26)28-2)29-13-14-8-4-3-5-9-14/h3-11,18-19H,13H2,1-2H3,(H,24,25)/t18-,19+/m0/s1. The molecule has 7 heteroatoms. The maximum absolute atomic E-state index is 12.9. The molecule has 2 atom stereocenters. The fraction of sp³-hybridized carbons (Fsp3) is 0.227. The molecule has 3 rings (SSSR count). The van der Waals surface area contributed by atoms with Gasteiger partial charge in [-0.2, -0.15) is 5.26 Å². The molecule has 148 valence electrons. The Labute approximate surface area is 173 Å². The summed E-state index contributed by atoms with van der Waals surface area (Å²) in [5.74, 6) is -2.09. The van der Waals surface area contributed by atoms with E-state index in [1.54, 1.807) is 24.3 Å². The molecule has 0 bridgehead atoms. The molecule has 1 aliphatic rings. The highest BCUT2D eigenvalue weighted by Gasteiger charge is 2.45. The molecule has 0 radical (unpaired) electrons. The lowest BCUT2D eigenvalue weighted by Crippen LogP contribution is -2.44. The van der Waals surface area contributed by atoms with Crippen molar-refractivity contribution in [2.24, 2.45) is 5.92 Å². The number of hydrogen-bond acceptors (Lipinski definition) is 6. The van der Waals surface area contributed by atoms with Crippen LogP contribution in [0.2, 0.25) is 0 Å². The Morgan fingerprint density at radius 3 is 2.48 bits per heavy atom. The van der Waals surface area contributed by atoms with Gasteiger partial charge in [0, 0.05) is 17.2 Å². The molecule has 2 aromatic carbocycles. The predicted octanol–water partition coefficient (Wildman–Crippen LogP) is 3.37. The first kappa shape index (κ1) is 20.5. The minimum Gasteiger partial charge on any atom is -0.496 e. The summed E-state index contributed by atoms with van der Waals surface area (Å²) < 4.78 is 10.3. The van der Waals surface area contributed by atoms with Crippen LogP contribution < -0.4 is 10.1 Å². The number of benzene rings is 2. The molecule has 6 nitrogen and oxygen atoms in total. The van der Waals surface area contributed by atoms with Gasteiger partial charge in [-0.15, -0.1) is 11.8 Å². The van der Waals surface area contributed by atoms with Gasteiger partial charge >= 0.3 is 5.97 Å². The van der Waals surface area contributed by atoms with Gasteiger partial charge in [-0.25, -0.2) is 0 Å². The number of allylic oxidation sites excluding steroid dienone is 1. The van der Waals surface area contributed by atoms with Crippen LogP contribution in [0.5, 0.6) is 5.75 Å². The van der Waals surface area contributed by atoms with Crippen molar-refractivity contribution in [1.82, 2.24) is 5.32 Å². The zero-order valence-electron chi connectivity index (χ0n) is 16.0. The number of carbonyl (C=O) groups excluding carboxylic acids is 2. The minimum atomic E-state index is -1.17. The number of rotatable bonds is 6. The maximum Gasteiger partial charge on any atom is 0.319 e. The van der Waals surface area contributed by atoms with Gasteiger partial charge in [0.15, 0.2) is 0 Å². The Balaban J connectivity index is 2.08. The third kappa shape index (κ3) is 4.28. The number of esters is 1. The molecule has 1 amide bonds. The molecule has 0 aliphatic carbocycles. The topological polar surface area (TPSA) is 88.4 Å². The summed E-state index contributed by atoms with van der Waals surface area (Å²) in [6.07, 6.45) is 0. The minimum absolute atomic E-state index is 0.311. The molecule has 0 saturated heterocycles. The van der Waals surface area contributed by atoms with Crippen molar-refractivity contribution >= 4 is 23.6 Å². The molecule has 2 aromatic rings. The van der Waals surface area contributed by atoms with E-state index in [4.69, 9.17) is 9.47 Å². The van der Waals surface area contributed by atoms with E-state index in [1.807, 2.05) is 30.3 Å². The zero-order valence-corrected chi connectivity index (χ0v) is 16.9. The number of amides is 1. The predicted molar refractivity (Wildman–Crippen MR) is 110 cm³/mol. The van der Waals surface area contributed by atoms with E-state index >= 15 is 0 Å². The second-order valence-electron chi connectivity index (χ2n) is 6.34.